The van der Waals surface area contributed by atoms with E-state index in [4.69, 9.17) is 0 Å². The fourth-order valence-electron chi connectivity index (χ4n) is 2.18. The summed E-state index contributed by atoms with van der Waals surface area (Å²) in [7, 11) is 0. The summed E-state index contributed by atoms with van der Waals surface area (Å²) in [6, 6.07) is 10.4. The second kappa shape index (κ2) is 6.28. The Morgan fingerprint density at radius 2 is 2.05 bits per heavy atom. The van der Waals surface area contributed by atoms with Gasteiger partial charge in [0.15, 0.2) is 5.78 Å². The van der Waals surface area contributed by atoms with Gasteiger partial charge in [-0.1, -0.05) is 12.1 Å². The Morgan fingerprint density at radius 1 is 1.25 bits per heavy atom. The van der Waals surface area contributed by atoms with E-state index in [9.17, 15) is 9.18 Å². The summed E-state index contributed by atoms with van der Waals surface area (Å²) in [6.07, 6.45) is 1.72. The largest absolute Gasteiger partial charge is 0.365 e. The van der Waals surface area contributed by atoms with Crippen molar-refractivity contribution in [1.82, 2.24) is 4.98 Å². The van der Waals surface area contributed by atoms with Crippen LogP contribution in [0.1, 0.15) is 29.9 Å². The van der Waals surface area contributed by atoms with Crippen LogP contribution in [-0.4, -0.2) is 17.3 Å². The minimum absolute atomic E-state index is 0.144. The van der Waals surface area contributed by atoms with Gasteiger partial charge in [-0.3, -0.25) is 9.78 Å². The highest BCUT2D eigenvalue weighted by Gasteiger charge is 2.17. The quantitative estimate of drug-likeness (QED) is 0.782. The second-order valence-electron chi connectivity index (χ2n) is 4.53. The fourth-order valence-corrected chi connectivity index (χ4v) is 2.18. The molecule has 4 heteroatoms. The number of halogens is 1. The van der Waals surface area contributed by atoms with Crippen LogP contribution in [0.25, 0.3) is 0 Å². The predicted molar refractivity (Wildman–Crippen MR) is 77.4 cm³/mol. The molecule has 1 heterocycles. The van der Waals surface area contributed by atoms with Gasteiger partial charge in [0.1, 0.15) is 5.82 Å². The first-order valence-electron chi connectivity index (χ1n) is 6.57. The Balaban J connectivity index is 2.37. The lowest BCUT2D eigenvalue weighted by Gasteiger charge is -2.25. The number of hydrogen-bond donors (Lipinski definition) is 0. The third-order valence-electron chi connectivity index (χ3n) is 3.15. The molecule has 3 nitrogen and oxygen atoms in total. The SMILES string of the molecule is CCN(Cc1ccccn1)c1cccc(F)c1C(C)=O. The van der Waals surface area contributed by atoms with E-state index in [0.29, 0.717) is 18.8 Å². The monoisotopic (exact) mass is 272 g/mol. The van der Waals surface area contributed by atoms with E-state index < -0.39 is 5.82 Å². The summed E-state index contributed by atoms with van der Waals surface area (Å²) in [5.41, 5.74) is 1.64. The van der Waals surface area contributed by atoms with Crippen LogP contribution < -0.4 is 4.90 Å². The summed E-state index contributed by atoms with van der Waals surface area (Å²) >= 11 is 0. The van der Waals surface area contributed by atoms with Crippen molar-refractivity contribution < 1.29 is 9.18 Å². The molecule has 2 aromatic rings. The highest BCUT2D eigenvalue weighted by atomic mass is 19.1. The number of Topliss-reactive ketones (excluding diaryl/α,β-unsaturated/α-hetero) is 1. The van der Waals surface area contributed by atoms with Crippen molar-refractivity contribution in [1.29, 1.82) is 0 Å². The van der Waals surface area contributed by atoms with Gasteiger partial charge in [-0.15, -0.1) is 0 Å². The number of hydrogen-bond acceptors (Lipinski definition) is 3. The maximum atomic E-state index is 13.9. The molecule has 0 N–H and O–H groups in total. The first-order chi connectivity index (χ1) is 9.63. The molecule has 0 aliphatic heterocycles. The van der Waals surface area contributed by atoms with E-state index in [-0.39, 0.29) is 11.3 Å². The van der Waals surface area contributed by atoms with Gasteiger partial charge >= 0.3 is 0 Å². The molecule has 1 aromatic carbocycles. The smallest absolute Gasteiger partial charge is 0.164 e. The zero-order chi connectivity index (χ0) is 14.5. The Labute approximate surface area is 118 Å². The number of anilines is 1. The van der Waals surface area contributed by atoms with Gasteiger partial charge in [0, 0.05) is 12.7 Å². The molecule has 0 saturated heterocycles. The third-order valence-corrected chi connectivity index (χ3v) is 3.15. The van der Waals surface area contributed by atoms with Gasteiger partial charge in [0.25, 0.3) is 0 Å². The summed E-state index contributed by atoms with van der Waals surface area (Å²) in [4.78, 5) is 17.9. The van der Waals surface area contributed by atoms with Crippen molar-refractivity contribution >= 4 is 11.5 Å². The second-order valence-corrected chi connectivity index (χ2v) is 4.53. The van der Waals surface area contributed by atoms with Crippen molar-refractivity contribution in [3.63, 3.8) is 0 Å². The van der Waals surface area contributed by atoms with Gasteiger partial charge in [0.2, 0.25) is 0 Å². The van der Waals surface area contributed by atoms with Crippen LogP contribution >= 0.6 is 0 Å². The Bertz CT molecular complexity index is 599. The average Bonchev–Trinajstić information content (AvgIpc) is 2.45. The molecule has 0 aliphatic rings. The van der Waals surface area contributed by atoms with Crippen LogP contribution in [0.4, 0.5) is 10.1 Å². The molecule has 0 aliphatic carbocycles. The van der Waals surface area contributed by atoms with Crippen molar-refractivity contribution in [2.75, 3.05) is 11.4 Å². The average molecular weight is 272 g/mol. The molecule has 0 radical (unpaired) electrons. The van der Waals surface area contributed by atoms with Crippen molar-refractivity contribution in [2.24, 2.45) is 0 Å². The molecule has 20 heavy (non-hydrogen) atoms. The number of carbonyl (C=O) groups is 1. The summed E-state index contributed by atoms with van der Waals surface area (Å²) < 4.78 is 13.9. The number of pyridine rings is 1. The Kier molecular flexibility index (Phi) is 4.45. The van der Waals surface area contributed by atoms with Crippen LogP contribution in [0.3, 0.4) is 0 Å². The molecular formula is C16H17FN2O. The summed E-state index contributed by atoms with van der Waals surface area (Å²) in [5, 5.41) is 0. The van der Waals surface area contributed by atoms with E-state index in [1.54, 1.807) is 18.3 Å². The maximum absolute atomic E-state index is 13.9. The summed E-state index contributed by atoms with van der Waals surface area (Å²) in [6.45, 7) is 4.57. The van der Waals surface area contributed by atoms with E-state index in [0.717, 1.165) is 5.69 Å². The first-order valence-corrected chi connectivity index (χ1v) is 6.57. The van der Waals surface area contributed by atoms with Crippen LogP contribution in [-0.2, 0) is 6.54 Å². The maximum Gasteiger partial charge on any atom is 0.164 e. The minimum atomic E-state index is -0.477. The van der Waals surface area contributed by atoms with E-state index in [1.807, 2.05) is 30.0 Å². The van der Waals surface area contributed by atoms with Crippen LogP contribution in [0.2, 0.25) is 0 Å². The molecule has 0 amide bonds. The molecule has 0 saturated carbocycles. The number of nitrogens with zero attached hydrogens (tertiary/aromatic N) is 2. The lowest BCUT2D eigenvalue weighted by atomic mass is 10.1. The standard InChI is InChI=1S/C16H17FN2O/c1-3-19(11-13-7-4-5-10-18-13)15-9-6-8-14(17)16(15)12(2)20/h4-10H,3,11H2,1-2H3. The van der Waals surface area contributed by atoms with Crippen molar-refractivity contribution in [3.8, 4) is 0 Å². The van der Waals surface area contributed by atoms with Gasteiger partial charge in [-0.25, -0.2) is 4.39 Å². The van der Waals surface area contributed by atoms with E-state index >= 15 is 0 Å². The van der Waals surface area contributed by atoms with Gasteiger partial charge in [-0.2, -0.15) is 0 Å². The molecule has 0 unspecified atom stereocenters. The van der Waals surface area contributed by atoms with Gasteiger partial charge in [-0.05, 0) is 38.1 Å². The van der Waals surface area contributed by atoms with Crippen LogP contribution in [0, 0.1) is 5.82 Å². The van der Waals surface area contributed by atoms with Gasteiger partial charge < -0.3 is 4.90 Å². The molecular weight excluding hydrogens is 255 g/mol. The number of ketones is 1. The zero-order valence-corrected chi connectivity index (χ0v) is 11.6. The molecule has 0 fully saturated rings. The first kappa shape index (κ1) is 14.2. The lowest BCUT2D eigenvalue weighted by Crippen LogP contribution is -2.25. The molecule has 0 spiro atoms. The highest BCUT2D eigenvalue weighted by Crippen LogP contribution is 2.25. The number of rotatable bonds is 5. The van der Waals surface area contributed by atoms with Crippen LogP contribution in [0.5, 0.6) is 0 Å². The number of benzene rings is 1. The predicted octanol–water partition coefficient (Wildman–Crippen LogP) is 3.45. The van der Waals surface area contributed by atoms with Crippen LogP contribution in [0.15, 0.2) is 42.6 Å². The molecule has 1 aromatic heterocycles. The molecule has 104 valence electrons. The highest BCUT2D eigenvalue weighted by molar-refractivity contribution is 6.00. The molecule has 2 rings (SSSR count). The topological polar surface area (TPSA) is 33.2 Å². The zero-order valence-electron chi connectivity index (χ0n) is 11.6. The third kappa shape index (κ3) is 3.02. The number of carbonyl (C=O) groups excluding carboxylic acids is 1. The molecule has 0 bridgehead atoms. The summed E-state index contributed by atoms with van der Waals surface area (Å²) in [5.74, 6) is -0.743. The lowest BCUT2D eigenvalue weighted by molar-refractivity contribution is 0.101. The van der Waals surface area contributed by atoms with E-state index in [2.05, 4.69) is 4.98 Å². The molecule has 0 atom stereocenters. The van der Waals surface area contributed by atoms with Crippen molar-refractivity contribution in [2.45, 2.75) is 20.4 Å². The van der Waals surface area contributed by atoms with Gasteiger partial charge in [0.05, 0.1) is 23.5 Å². The number of aromatic nitrogens is 1. The Hall–Kier alpha value is -2.23. The normalized spacial score (nSPS) is 10.3. The van der Waals surface area contributed by atoms with Crippen molar-refractivity contribution in [3.05, 3.63) is 59.7 Å². The Morgan fingerprint density at radius 3 is 2.65 bits per heavy atom. The fraction of sp³-hybridized carbons (Fsp3) is 0.250. The van der Waals surface area contributed by atoms with E-state index in [1.165, 1.54) is 13.0 Å². The minimum Gasteiger partial charge on any atom is -0.365 e.